The van der Waals surface area contributed by atoms with E-state index >= 15 is 0 Å². The van der Waals surface area contributed by atoms with Gasteiger partial charge in [-0.15, -0.1) is 11.6 Å². The third kappa shape index (κ3) is 1.93. The average Bonchev–Trinajstić information content (AvgIpc) is 2.63. The Kier molecular flexibility index (Phi) is 2.91. The molecule has 88 valence electrons. The number of hydrogen-bond acceptors (Lipinski definition) is 0. The minimum Gasteiger partial charge on any atom is -0.171 e. The van der Waals surface area contributed by atoms with E-state index in [2.05, 4.69) is 0 Å². The van der Waals surface area contributed by atoms with Crippen LogP contribution in [0.1, 0.15) is 24.8 Å². The zero-order valence-corrected chi connectivity index (χ0v) is 9.35. The zero-order chi connectivity index (χ0) is 11.8. The van der Waals surface area contributed by atoms with E-state index in [4.69, 9.17) is 11.6 Å². The Labute approximate surface area is 97.4 Å². The molecule has 0 aromatic heterocycles. The lowest BCUT2D eigenvalue weighted by molar-refractivity contribution is -0.180. The predicted octanol–water partition coefficient (Wildman–Crippen LogP) is 4.48. The summed E-state index contributed by atoms with van der Waals surface area (Å²) < 4.78 is 38.6. The van der Waals surface area contributed by atoms with Crippen LogP contribution in [-0.4, -0.2) is 6.18 Å². The summed E-state index contributed by atoms with van der Waals surface area (Å²) in [7, 11) is 0. The van der Waals surface area contributed by atoms with Crippen molar-refractivity contribution in [3.05, 3.63) is 35.9 Å². The molecule has 1 aromatic carbocycles. The Morgan fingerprint density at radius 1 is 1.19 bits per heavy atom. The third-order valence-corrected chi connectivity index (χ3v) is 3.91. The van der Waals surface area contributed by atoms with Crippen molar-refractivity contribution in [3.8, 4) is 0 Å². The largest absolute Gasteiger partial charge is 0.393 e. The molecule has 0 spiro atoms. The zero-order valence-electron chi connectivity index (χ0n) is 8.60. The molecule has 0 bridgehead atoms. The lowest BCUT2D eigenvalue weighted by Crippen LogP contribution is -2.35. The molecule has 0 saturated heterocycles. The second-order valence-electron chi connectivity index (χ2n) is 4.21. The summed E-state index contributed by atoms with van der Waals surface area (Å²) in [4.78, 5) is -1.26. The van der Waals surface area contributed by atoms with Gasteiger partial charge in [-0.3, -0.25) is 0 Å². The Hall–Kier alpha value is -0.700. The van der Waals surface area contributed by atoms with E-state index in [1.165, 1.54) is 0 Å². The maximum Gasteiger partial charge on any atom is 0.393 e. The maximum atomic E-state index is 12.9. The number of halogens is 4. The van der Waals surface area contributed by atoms with Crippen molar-refractivity contribution in [2.75, 3.05) is 0 Å². The Bertz CT molecular complexity index is 360. The van der Waals surface area contributed by atoms with Crippen molar-refractivity contribution in [1.82, 2.24) is 0 Å². The van der Waals surface area contributed by atoms with Crippen molar-refractivity contribution in [3.63, 3.8) is 0 Å². The summed E-state index contributed by atoms with van der Waals surface area (Å²) in [6.07, 6.45) is -3.17. The fraction of sp³-hybridized carbons (Fsp3) is 0.500. The van der Waals surface area contributed by atoms with Crippen molar-refractivity contribution < 1.29 is 13.2 Å². The number of alkyl halides is 4. The van der Waals surface area contributed by atoms with Crippen LogP contribution in [0.3, 0.4) is 0 Å². The SMILES string of the molecule is FC(F)(F)C1CCCC1(Cl)c1ccccc1. The molecule has 0 aliphatic heterocycles. The standard InChI is InChI=1S/C12H12ClF3/c13-11(9-5-2-1-3-6-9)8-4-7-10(11)12(14,15)16/h1-3,5-6,10H,4,7-8H2. The lowest BCUT2D eigenvalue weighted by atomic mass is 9.87. The summed E-state index contributed by atoms with van der Waals surface area (Å²) in [6, 6.07) is 8.59. The van der Waals surface area contributed by atoms with Crippen LogP contribution in [-0.2, 0) is 4.87 Å². The minimum atomic E-state index is -4.21. The van der Waals surface area contributed by atoms with Crippen molar-refractivity contribution in [2.45, 2.75) is 30.3 Å². The molecule has 0 amide bonds. The first-order chi connectivity index (χ1) is 7.44. The molecule has 2 atom stereocenters. The van der Waals surface area contributed by atoms with E-state index in [0.717, 1.165) is 0 Å². The van der Waals surface area contributed by atoms with Gasteiger partial charge in [0.05, 0.1) is 10.8 Å². The van der Waals surface area contributed by atoms with Gasteiger partial charge >= 0.3 is 6.18 Å². The van der Waals surface area contributed by atoms with E-state index in [1.807, 2.05) is 0 Å². The van der Waals surface area contributed by atoms with Crippen LogP contribution in [0.4, 0.5) is 13.2 Å². The Morgan fingerprint density at radius 3 is 2.38 bits per heavy atom. The van der Waals surface area contributed by atoms with Gasteiger partial charge in [0, 0.05) is 0 Å². The first-order valence-electron chi connectivity index (χ1n) is 5.26. The first-order valence-corrected chi connectivity index (χ1v) is 5.63. The fourth-order valence-electron chi connectivity index (χ4n) is 2.45. The first kappa shape index (κ1) is 11.8. The van der Waals surface area contributed by atoms with Gasteiger partial charge < -0.3 is 0 Å². The van der Waals surface area contributed by atoms with Crippen LogP contribution in [0.15, 0.2) is 30.3 Å². The van der Waals surface area contributed by atoms with Crippen LogP contribution in [0.5, 0.6) is 0 Å². The molecule has 0 N–H and O–H groups in total. The van der Waals surface area contributed by atoms with Crippen LogP contribution in [0.2, 0.25) is 0 Å². The smallest absolute Gasteiger partial charge is 0.171 e. The van der Waals surface area contributed by atoms with Gasteiger partial charge in [0.2, 0.25) is 0 Å². The molecule has 16 heavy (non-hydrogen) atoms. The van der Waals surface area contributed by atoms with E-state index in [9.17, 15) is 13.2 Å². The molecule has 1 aliphatic rings. The Morgan fingerprint density at radius 2 is 1.81 bits per heavy atom. The summed E-state index contributed by atoms with van der Waals surface area (Å²) >= 11 is 6.23. The second kappa shape index (κ2) is 3.95. The van der Waals surface area contributed by atoms with Gasteiger partial charge in [0.15, 0.2) is 0 Å². The summed E-state index contributed by atoms with van der Waals surface area (Å²) in [5.41, 5.74) is 0.580. The van der Waals surface area contributed by atoms with Gasteiger partial charge in [0.25, 0.3) is 0 Å². The summed E-state index contributed by atoms with van der Waals surface area (Å²) in [6.45, 7) is 0. The molecule has 1 fully saturated rings. The second-order valence-corrected chi connectivity index (χ2v) is 4.89. The van der Waals surface area contributed by atoms with Gasteiger partial charge in [-0.1, -0.05) is 36.8 Å². The van der Waals surface area contributed by atoms with Crippen molar-refractivity contribution in [1.29, 1.82) is 0 Å². The Balaban J connectivity index is 2.37. The topological polar surface area (TPSA) is 0 Å². The highest BCUT2D eigenvalue weighted by Crippen LogP contribution is 2.55. The number of benzene rings is 1. The van der Waals surface area contributed by atoms with Crippen LogP contribution >= 0.6 is 11.6 Å². The lowest BCUT2D eigenvalue weighted by Gasteiger charge is -2.31. The highest BCUT2D eigenvalue weighted by molar-refractivity contribution is 6.24. The number of rotatable bonds is 1. The molecule has 2 unspecified atom stereocenters. The monoisotopic (exact) mass is 248 g/mol. The van der Waals surface area contributed by atoms with Gasteiger partial charge in [0.1, 0.15) is 0 Å². The average molecular weight is 249 g/mol. The molecular weight excluding hydrogens is 237 g/mol. The summed E-state index contributed by atoms with van der Waals surface area (Å²) in [5.74, 6) is -1.43. The highest BCUT2D eigenvalue weighted by Gasteiger charge is 2.55. The number of hydrogen-bond donors (Lipinski definition) is 0. The van der Waals surface area contributed by atoms with E-state index in [0.29, 0.717) is 18.4 Å². The predicted molar refractivity (Wildman–Crippen MR) is 57.4 cm³/mol. The molecule has 0 nitrogen and oxygen atoms in total. The van der Waals surface area contributed by atoms with Gasteiger partial charge in [-0.2, -0.15) is 13.2 Å². The van der Waals surface area contributed by atoms with E-state index in [1.54, 1.807) is 30.3 Å². The molecule has 4 heteroatoms. The maximum absolute atomic E-state index is 12.9. The molecule has 2 rings (SSSR count). The molecule has 0 heterocycles. The van der Waals surface area contributed by atoms with Crippen LogP contribution in [0, 0.1) is 5.92 Å². The van der Waals surface area contributed by atoms with Gasteiger partial charge in [-0.05, 0) is 18.4 Å². The van der Waals surface area contributed by atoms with Crippen LogP contribution < -0.4 is 0 Å². The quantitative estimate of drug-likeness (QED) is 0.643. The molecule has 1 aliphatic carbocycles. The van der Waals surface area contributed by atoms with Gasteiger partial charge in [-0.25, -0.2) is 0 Å². The molecular formula is C12H12ClF3. The van der Waals surface area contributed by atoms with E-state index in [-0.39, 0.29) is 6.42 Å². The third-order valence-electron chi connectivity index (χ3n) is 3.23. The van der Waals surface area contributed by atoms with Crippen molar-refractivity contribution >= 4 is 11.6 Å². The van der Waals surface area contributed by atoms with Crippen LogP contribution in [0.25, 0.3) is 0 Å². The molecule has 1 saturated carbocycles. The molecule has 1 aromatic rings. The van der Waals surface area contributed by atoms with Crippen molar-refractivity contribution in [2.24, 2.45) is 5.92 Å². The fourth-order valence-corrected chi connectivity index (χ4v) is 2.94. The van der Waals surface area contributed by atoms with E-state index < -0.39 is 17.0 Å². The normalized spacial score (nSPS) is 30.6. The minimum absolute atomic E-state index is 0.127. The molecule has 0 radical (unpaired) electrons. The highest BCUT2D eigenvalue weighted by atomic mass is 35.5. The summed E-state index contributed by atoms with van der Waals surface area (Å²) in [5, 5.41) is 0.